The minimum Gasteiger partial charge on any atom is -0.595 e. The number of ether oxygens (including phenoxy) is 1. The lowest BCUT2D eigenvalue weighted by Crippen LogP contribution is -2.99. The second-order valence-electron chi connectivity index (χ2n) is 4.88. The smallest absolute Gasteiger partial charge is 0.280 e. The van der Waals surface area contributed by atoms with E-state index in [2.05, 4.69) is 5.10 Å². The van der Waals surface area contributed by atoms with Crippen molar-refractivity contribution in [2.24, 2.45) is 0 Å². The molecule has 0 spiro atoms. The van der Waals surface area contributed by atoms with Gasteiger partial charge >= 0.3 is 0 Å². The summed E-state index contributed by atoms with van der Waals surface area (Å²) in [5, 5.41) is 23.7. The number of benzene rings is 1. The zero-order chi connectivity index (χ0) is 15.5. The first-order valence-corrected chi connectivity index (χ1v) is 6.92. The molecule has 1 amide bonds. The fraction of sp³-hybridized carbons (Fsp3) is 0.286. The van der Waals surface area contributed by atoms with Gasteiger partial charge in [-0.25, -0.2) is 9.89 Å². The van der Waals surface area contributed by atoms with E-state index in [1.165, 1.54) is 10.9 Å². The third kappa shape index (κ3) is 2.85. The van der Waals surface area contributed by atoms with Gasteiger partial charge in [0.15, 0.2) is 0 Å². The molecule has 2 heterocycles. The van der Waals surface area contributed by atoms with E-state index in [0.29, 0.717) is 32.0 Å². The summed E-state index contributed by atoms with van der Waals surface area (Å²) in [5.74, 6) is -0.379. The monoisotopic (exact) mass is 304 g/mol. The van der Waals surface area contributed by atoms with Crippen molar-refractivity contribution in [3.63, 3.8) is 0 Å². The number of para-hydroxylation sites is 1. The number of hydrogen-bond donors (Lipinski definition) is 2. The number of hydrogen-bond acceptors (Lipinski definition) is 5. The number of amides is 1. The summed E-state index contributed by atoms with van der Waals surface area (Å²) >= 11 is 0. The van der Waals surface area contributed by atoms with Crippen molar-refractivity contribution < 1.29 is 20.0 Å². The Hall–Kier alpha value is -2.26. The van der Waals surface area contributed by atoms with Gasteiger partial charge in [-0.15, -0.1) is 0 Å². The van der Waals surface area contributed by atoms with E-state index in [-0.39, 0.29) is 17.3 Å². The van der Waals surface area contributed by atoms with E-state index in [0.717, 1.165) is 0 Å². The fourth-order valence-electron chi connectivity index (χ4n) is 2.32. The average molecular weight is 304 g/mol. The van der Waals surface area contributed by atoms with Gasteiger partial charge < -0.3 is 14.8 Å². The van der Waals surface area contributed by atoms with Gasteiger partial charge in [-0.1, -0.05) is 18.2 Å². The van der Waals surface area contributed by atoms with Gasteiger partial charge in [0.05, 0.1) is 25.1 Å². The Morgan fingerprint density at radius 2 is 1.95 bits per heavy atom. The Morgan fingerprint density at radius 3 is 2.59 bits per heavy atom. The van der Waals surface area contributed by atoms with Crippen LogP contribution in [0, 0.1) is 5.21 Å². The van der Waals surface area contributed by atoms with Crippen LogP contribution in [0.15, 0.2) is 36.5 Å². The number of carbonyl (C=O) groups is 1. The van der Waals surface area contributed by atoms with Crippen LogP contribution in [0.5, 0.6) is 0 Å². The molecule has 0 aliphatic carbocycles. The van der Waals surface area contributed by atoms with Gasteiger partial charge in [0, 0.05) is 13.1 Å². The van der Waals surface area contributed by atoms with Gasteiger partial charge in [0.25, 0.3) is 5.91 Å². The highest BCUT2D eigenvalue weighted by atomic mass is 16.8. The highest BCUT2D eigenvalue weighted by molar-refractivity contribution is 5.96. The summed E-state index contributed by atoms with van der Waals surface area (Å²) in [7, 11) is 0. The molecule has 1 unspecified atom stereocenters. The lowest BCUT2D eigenvalue weighted by atomic mass is 10.3. The Kier molecular flexibility index (Phi) is 4.16. The van der Waals surface area contributed by atoms with Gasteiger partial charge in [-0.05, 0) is 12.1 Å². The molecule has 0 saturated carbocycles. The van der Waals surface area contributed by atoms with Crippen molar-refractivity contribution in [2.45, 2.75) is 0 Å². The number of rotatable bonds is 3. The predicted molar refractivity (Wildman–Crippen MR) is 76.1 cm³/mol. The molecule has 116 valence electrons. The van der Waals surface area contributed by atoms with Crippen molar-refractivity contribution in [3.8, 4) is 5.69 Å². The van der Waals surface area contributed by atoms with Crippen LogP contribution in [0.1, 0.15) is 10.5 Å². The first-order chi connectivity index (χ1) is 10.7. The number of quaternary nitrogens is 1. The Labute approximate surface area is 126 Å². The molecule has 1 aromatic carbocycles. The molecule has 0 bridgehead atoms. The maximum absolute atomic E-state index is 12.5. The molecule has 1 aromatic heterocycles. The molecular formula is C14H16N4O4. The molecule has 1 aliphatic heterocycles. The summed E-state index contributed by atoms with van der Waals surface area (Å²) in [4.78, 5) is 14.1. The molecule has 0 radical (unpaired) electrons. The lowest BCUT2D eigenvalue weighted by Gasteiger charge is -2.26. The lowest BCUT2D eigenvalue weighted by molar-refractivity contribution is -0.991. The minimum absolute atomic E-state index is 0.0433. The van der Waals surface area contributed by atoms with Crippen LogP contribution >= 0.6 is 0 Å². The Morgan fingerprint density at radius 1 is 1.27 bits per heavy atom. The molecule has 2 N–H and O–H groups in total. The SMILES string of the molecule is O=C(c1nn(-c2ccccc2)cc1[NH+]([O-])O)N1CCOCC1. The van der Waals surface area contributed by atoms with Crippen LogP contribution in [0.3, 0.4) is 0 Å². The number of nitrogens with zero attached hydrogens (tertiary/aromatic N) is 3. The summed E-state index contributed by atoms with van der Waals surface area (Å²) < 4.78 is 6.62. The molecule has 3 rings (SSSR count). The standard InChI is InChI=1S/C14H16N4O4/c19-14(16-6-8-22-9-7-16)13-12(18(20)21)10-17(15-13)11-4-2-1-3-5-11/h1-5,10,18,20H,6-9H2. The van der Waals surface area contributed by atoms with Gasteiger partial charge in [0.2, 0.25) is 11.4 Å². The Balaban J connectivity index is 1.95. The quantitative estimate of drug-likeness (QED) is 0.762. The molecule has 2 aromatic rings. The topological polar surface area (TPSA) is 95.1 Å². The molecule has 22 heavy (non-hydrogen) atoms. The molecule has 1 saturated heterocycles. The van der Waals surface area contributed by atoms with Gasteiger partial charge in [-0.3, -0.25) is 4.79 Å². The largest absolute Gasteiger partial charge is 0.595 e. The van der Waals surface area contributed by atoms with Crippen LogP contribution in [-0.4, -0.2) is 52.1 Å². The molecule has 1 fully saturated rings. The second-order valence-corrected chi connectivity index (χ2v) is 4.88. The van der Waals surface area contributed by atoms with Crippen LogP contribution in [0.4, 0.5) is 5.69 Å². The summed E-state index contributed by atoms with van der Waals surface area (Å²) in [5.41, 5.74) is 0.560. The van der Waals surface area contributed by atoms with Gasteiger partial charge in [0.1, 0.15) is 0 Å². The fourth-order valence-corrected chi connectivity index (χ4v) is 2.32. The normalized spacial score (nSPS) is 16.5. The maximum Gasteiger partial charge on any atom is 0.280 e. The first kappa shape index (κ1) is 14.7. The summed E-state index contributed by atoms with van der Waals surface area (Å²) in [6.45, 7) is 1.78. The van der Waals surface area contributed by atoms with Crippen LogP contribution in [0.2, 0.25) is 0 Å². The molecular weight excluding hydrogens is 288 g/mol. The van der Waals surface area contributed by atoms with Crippen molar-refractivity contribution in [1.29, 1.82) is 0 Å². The number of morpholine rings is 1. The van der Waals surface area contributed by atoms with E-state index < -0.39 is 5.23 Å². The zero-order valence-corrected chi connectivity index (χ0v) is 11.8. The maximum atomic E-state index is 12.5. The highest BCUT2D eigenvalue weighted by Crippen LogP contribution is 2.16. The number of aromatic nitrogens is 2. The van der Waals surface area contributed by atoms with Gasteiger partial charge in [-0.2, -0.15) is 10.3 Å². The molecule has 8 nitrogen and oxygen atoms in total. The average Bonchev–Trinajstić information content (AvgIpc) is 3.01. The Bertz CT molecular complexity index is 650. The van der Waals surface area contributed by atoms with E-state index in [1.807, 2.05) is 18.2 Å². The number of carbonyl (C=O) groups excluding carboxylic acids is 1. The summed E-state index contributed by atoms with van der Waals surface area (Å²) in [6, 6.07) is 9.08. The molecule has 1 atom stereocenters. The molecule has 8 heteroatoms. The first-order valence-electron chi connectivity index (χ1n) is 6.92. The predicted octanol–water partition coefficient (Wildman–Crippen LogP) is -0.252. The minimum atomic E-state index is -1.17. The van der Waals surface area contributed by atoms with Crippen molar-refractivity contribution in [1.82, 2.24) is 14.7 Å². The highest BCUT2D eigenvalue weighted by Gasteiger charge is 2.28. The van der Waals surface area contributed by atoms with Crippen LogP contribution in [-0.2, 0) is 4.74 Å². The third-order valence-corrected chi connectivity index (χ3v) is 3.47. The van der Waals surface area contributed by atoms with E-state index in [4.69, 9.17) is 4.74 Å². The summed E-state index contributed by atoms with van der Waals surface area (Å²) in [6.07, 6.45) is 1.37. The van der Waals surface area contributed by atoms with Crippen LogP contribution in [0.25, 0.3) is 5.69 Å². The van der Waals surface area contributed by atoms with Crippen LogP contribution < -0.4 is 5.23 Å². The van der Waals surface area contributed by atoms with Crippen molar-refractivity contribution >= 4 is 11.6 Å². The van der Waals surface area contributed by atoms with Crippen molar-refractivity contribution in [2.75, 3.05) is 26.3 Å². The van der Waals surface area contributed by atoms with Crippen molar-refractivity contribution in [3.05, 3.63) is 47.4 Å². The third-order valence-electron chi connectivity index (χ3n) is 3.47. The van der Waals surface area contributed by atoms with E-state index in [9.17, 15) is 15.2 Å². The molecule has 1 aliphatic rings. The second kappa shape index (κ2) is 6.24. The van der Waals surface area contributed by atoms with E-state index >= 15 is 0 Å². The number of nitrogens with one attached hydrogen (secondary N) is 1. The zero-order valence-electron chi connectivity index (χ0n) is 11.8. The van der Waals surface area contributed by atoms with E-state index in [1.54, 1.807) is 17.0 Å².